The number of carbonyl (C=O) groups excluding carboxylic acids is 2. The minimum absolute atomic E-state index is 0.0155. The first-order valence-electron chi connectivity index (χ1n) is 10.7. The zero-order chi connectivity index (χ0) is 24.3. The molecule has 0 saturated carbocycles. The fourth-order valence-electron chi connectivity index (χ4n) is 3.51. The molecule has 0 aromatic heterocycles. The van der Waals surface area contributed by atoms with Crippen LogP contribution in [0.4, 0.5) is 24.5 Å². The maximum absolute atomic E-state index is 13.5. The molecule has 3 rings (SSSR count). The van der Waals surface area contributed by atoms with Gasteiger partial charge in [-0.15, -0.1) is 0 Å². The lowest BCUT2D eigenvalue weighted by atomic mass is 10.1. The molecule has 6 nitrogen and oxygen atoms in total. The van der Waals surface area contributed by atoms with E-state index in [0.29, 0.717) is 6.54 Å². The summed E-state index contributed by atoms with van der Waals surface area (Å²) in [5, 5.41) is 2.73. The molecule has 2 aromatic carbocycles. The average molecular weight is 484 g/mol. The van der Waals surface area contributed by atoms with Gasteiger partial charge in [0, 0.05) is 25.6 Å². The molecule has 33 heavy (non-hydrogen) atoms. The molecule has 2 amide bonds. The molecule has 0 radical (unpaired) electrons. The predicted molar refractivity (Wildman–Crippen MR) is 121 cm³/mol. The van der Waals surface area contributed by atoms with Gasteiger partial charge in [0.05, 0.1) is 27.5 Å². The van der Waals surface area contributed by atoms with Crippen molar-refractivity contribution in [2.24, 2.45) is 0 Å². The molecule has 1 heterocycles. The summed E-state index contributed by atoms with van der Waals surface area (Å²) >= 11 is 6.30. The number of benzene rings is 2. The van der Waals surface area contributed by atoms with Gasteiger partial charge in [0.2, 0.25) is 5.91 Å². The number of fused-ring (bicyclic) bond motifs is 2. The first-order valence-corrected chi connectivity index (χ1v) is 11.0. The molecule has 178 valence electrons. The second-order valence-electron chi connectivity index (χ2n) is 7.50. The van der Waals surface area contributed by atoms with Crippen molar-refractivity contribution >= 4 is 34.8 Å². The Hall–Kier alpha value is -2.78. The van der Waals surface area contributed by atoms with Gasteiger partial charge in [0.25, 0.3) is 5.91 Å². The number of halogens is 4. The largest absolute Gasteiger partial charge is 0.454 e. The second kappa shape index (κ2) is 10.0. The van der Waals surface area contributed by atoms with E-state index in [2.05, 4.69) is 10.2 Å². The van der Waals surface area contributed by atoms with Crippen molar-refractivity contribution in [1.29, 1.82) is 0 Å². The van der Waals surface area contributed by atoms with Gasteiger partial charge in [0.15, 0.2) is 5.75 Å². The van der Waals surface area contributed by atoms with Crippen LogP contribution in [0.15, 0.2) is 30.3 Å². The van der Waals surface area contributed by atoms with Crippen molar-refractivity contribution in [3.63, 3.8) is 0 Å². The molecule has 1 aliphatic rings. The number of ether oxygens (including phenoxy) is 1. The van der Waals surface area contributed by atoms with Crippen LogP contribution >= 0.6 is 11.6 Å². The number of likely N-dealkylation sites (N-methyl/N-ethyl adjacent to an activating group) is 1. The van der Waals surface area contributed by atoms with E-state index in [1.54, 1.807) is 6.92 Å². The maximum atomic E-state index is 13.5. The Morgan fingerprint density at radius 3 is 2.42 bits per heavy atom. The number of hydrogen-bond acceptors (Lipinski definition) is 4. The van der Waals surface area contributed by atoms with Gasteiger partial charge in [-0.2, -0.15) is 13.2 Å². The Morgan fingerprint density at radius 1 is 1.12 bits per heavy atom. The van der Waals surface area contributed by atoms with Crippen LogP contribution in [0.1, 0.15) is 43.1 Å². The zero-order valence-electron chi connectivity index (χ0n) is 18.6. The molecule has 0 unspecified atom stereocenters. The van der Waals surface area contributed by atoms with Crippen molar-refractivity contribution in [2.75, 3.05) is 36.4 Å². The Morgan fingerprint density at radius 2 is 1.82 bits per heavy atom. The molecule has 0 spiro atoms. The van der Waals surface area contributed by atoms with Crippen LogP contribution in [0, 0.1) is 0 Å². The molecule has 1 N–H and O–H groups in total. The van der Waals surface area contributed by atoms with E-state index >= 15 is 0 Å². The van der Waals surface area contributed by atoms with Crippen molar-refractivity contribution in [2.45, 2.75) is 33.4 Å². The number of carbonyl (C=O) groups is 2. The van der Waals surface area contributed by atoms with Gasteiger partial charge >= 0.3 is 6.18 Å². The van der Waals surface area contributed by atoms with E-state index < -0.39 is 17.6 Å². The third-order valence-electron chi connectivity index (χ3n) is 5.47. The fraction of sp³-hybridized carbons (Fsp3) is 0.391. The van der Waals surface area contributed by atoms with Gasteiger partial charge in [0.1, 0.15) is 5.75 Å². The minimum Gasteiger partial charge on any atom is -0.454 e. The lowest BCUT2D eigenvalue weighted by molar-refractivity contribution is -0.137. The summed E-state index contributed by atoms with van der Waals surface area (Å²) < 4.78 is 45.9. The highest BCUT2D eigenvalue weighted by Crippen LogP contribution is 2.44. The summed E-state index contributed by atoms with van der Waals surface area (Å²) in [6.45, 7) is 7.93. The van der Waals surface area contributed by atoms with E-state index in [1.165, 1.54) is 23.1 Å². The molecule has 1 aliphatic heterocycles. The molecule has 0 fully saturated rings. The van der Waals surface area contributed by atoms with Crippen molar-refractivity contribution in [1.82, 2.24) is 4.90 Å². The summed E-state index contributed by atoms with van der Waals surface area (Å²) in [4.78, 5) is 28.8. The molecule has 0 saturated heterocycles. The number of alkyl halides is 3. The normalized spacial score (nSPS) is 13.3. The van der Waals surface area contributed by atoms with Crippen molar-refractivity contribution in [3.05, 3.63) is 46.5 Å². The molecule has 0 bridgehead atoms. The summed E-state index contributed by atoms with van der Waals surface area (Å²) in [7, 11) is 0. The third kappa shape index (κ3) is 5.42. The topological polar surface area (TPSA) is 61.9 Å². The van der Waals surface area contributed by atoms with Gasteiger partial charge in [-0.3, -0.25) is 9.59 Å². The quantitative estimate of drug-likeness (QED) is 0.540. The van der Waals surface area contributed by atoms with Gasteiger partial charge in [-0.05, 0) is 37.4 Å². The van der Waals surface area contributed by atoms with Crippen LogP contribution in [-0.2, 0) is 11.0 Å². The number of nitrogens with one attached hydrogen (secondary N) is 1. The van der Waals surface area contributed by atoms with Crippen molar-refractivity contribution in [3.8, 4) is 11.5 Å². The first-order chi connectivity index (χ1) is 15.6. The summed E-state index contributed by atoms with van der Waals surface area (Å²) in [6, 6.07) is 5.77. The maximum Gasteiger partial charge on any atom is 0.416 e. The van der Waals surface area contributed by atoms with Crippen LogP contribution < -0.4 is 15.0 Å². The molecule has 2 aromatic rings. The lowest BCUT2D eigenvalue weighted by Gasteiger charge is -2.26. The summed E-state index contributed by atoms with van der Waals surface area (Å²) in [5.41, 5.74) is -0.361. The summed E-state index contributed by atoms with van der Waals surface area (Å²) in [5.74, 6) is -0.850. The molecule has 0 atom stereocenters. The van der Waals surface area contributed by atoms with Gasteiger partial charge in [-0.1, -0.05) is 32.4 Å². The Bertz CT molecular complexity index is 1060. The standard InChI is InChI=1S/C23H25ClF3N3O3/c1-4-21(31)28-17-13-19-15(12-16(17)24)22(32)30(10-9-29(5-2)6-3)18-8-7-14(23(25,26)27)11-20(18)33-19/h7-8,11-13H,4-6,9-10H2,1-3H3,(H,28,31). The van der Waals surface area contributed by atoms with Crippen LogP contribution in [0.5, 0.6) is 11.5 Å². The fourth-order valence-corrected chi connectivity index (χ4v) is 3.72. The predicted octanol–water partition coefficient (Wildman–Crippen LogP) is 5.80. The average Bonchev–Trinajstić information content (AvgIpc) is 2.88. The van der Waals surface area contributed by atoms with Crippen LogP contribution in [0.2, 0.25) is 5.02 Å². The highest BCUT2D eigenvalue weighted by Gasteiger charge is 2.35. The number of hydrogen-bond donors (Lipinski definition) is 1. The highest BCUT2D eigenvalue weighted by atomic mass is 35.5. The Balaban J connectivity index is 2.12. The molecular weight excluding hydrogens is 459 g/mol. The van der Waals surface area contributed by atoms with Crippen LogP contribution in [0.25, 0.3) is 0 Å². The van der Waals surface area contributed by atoms with Crippen LogP contribution in [-0.4, -0.2) is 42.9 Å². The SMILES string of the molecule is CCC(=O)Nc1cc2c(cc1Cl)C(=O)N(CCN(CC)CC)c1ccc(C(F)(F)F)cc1O2. The van der Waals surface area contributed by atoms with E-state index in [9.17, 15) is 22.8 Å². The summed E-state index contributed by atoms with van der Waals surface area (Å²) in [6.07, 6.45) is -4.38. The third-order valence-corrected chi connectivity index (χ3v) is 5.78. The smallest absolute Gasteiger partial charge is 0.416 e. The number of rotatable bonds is 7. The Kier molecular flexibility index (Phi) is 7.54. The monoisotopic (exact) mass is 483 g/mol. The molecular formula is C23H25ClF3N3O3. The number of amides is 2. The van der Waals surface area contributed by atoms with E-state index in [0.717, 1.165) is 25.2 Å². The second-order valence-corrected chi connectivity index (χ2v) is 7.90. The van der Waals surface area contributed by atoms with Crippen molar-refractivity contribution < 1.29 is 27.5 Å². The van der Waals surface area contributed by atoms with E-state index in [1.807, 2.05) is 13.8 Å². The van der Waals surface area contributed by atoms with E-state index in [-0.39, 0.29) is 52.3 Å². The Labute approximate surface area is 195 Å². The number of nitrogens with zero attached hydrogens (tertiary/aromatic N) is 2. The highest BCUT2D eigenvalue weighted by molar-refractivity contribution is 6.34. The molecule has 0 aliphatic carbocycles. The lowest BCUT2D eigenvalue weighted by Crippen LogP contribution is -2.38. The first kappa shape index (κ1) is 24.9. The van der Waals surface area contributed by atoms with Crippen LogP contribution in [0.3, 0.4) is 0 Å². The zero-order valence-corrected chi connectivity index (χ0v) is 19.3. The van der Waals surface area contributed by atoms with Gasteiger partial charge < -0.3 is 19.9 Å². The van der Waals surface area contributed by atoms with Gasteiger partial charge in [-0.25, -0.2) is 0 Å². The van der Waals surface area contributed by atoms with E-state index in [4.69, 9.17) is 16.3 Å². The molecule has 10 heteroatoms. The number of anilines is 2. The minimum atomic E-state index is -4.58.